The van der Waals surface area contributed by atoms with Gasteiger partial charge in [-0.15, -0.1) is 10.2 Å². The van der Waals surface area contributed by atoms with Gasteiger partial charge in [-0.05, 0) is 56.4 Å². The molecule has 1 aliphatic heterocycles. The highest BCUT2D eigenvalue weighted by Crippen LogP contribution is 2.29. The van der Waals surface area contributed by atoms with E-state index in [1.165, 1.54) is 5.56 Å². The van der Waals surface area contributed by atoms with Crippen LogP contribution in [-0.2, 0) is 0 Å². The summed E-state index contributed by atoms with van der Waals surface area (Å²) in [6.45, 7) is 6.06. The first-order chi connectivity index (χ1) is 12.2. The maximum atomic E-state index is 4.47. The van der Waals surface area contributed by atoms with Gasteiger partial charge in [-0.2, -0.15) is 5.10 Å². The third-order valence-electron chi connectivity index (χ3n) is 4.95. The molecule has 5 nitrogen and oxygen atoms in total. The molecule has 2 aromatic heterocycles. The van der Waals surface area contributed by atoms with E-state index < -0.39 is 0 Å². The molecule has 0 aliphatic carbocycles. The van der Waals surface area contributed by atoms with Crippen molar-refractivity contribution in [2.75, 3.05) is 18.0 Å². The summed E-state index contributed by atoms with van der Waals surface area (Å²) < 4.78 is 1.84. The molecule has 1 aromatic carbocycles. The van der Waals surface area contributed by atoms with Crippen LogP contribution in [0.3, 0.4) is 0 Å². The Hall–Kier alpha value is -2.69. The molecule has 0 saturated carbocycles. The Morgan fingerprint density at radius 3 is 2.16 bits per heavy atom. The maximum Gasteiger partial charge on any atom is 0.176 e. The molecule has 4 rings (SSSR count). The molecule has 0 bridgehead atoms. The number of hydrogen-bond acceptors (Lipinski definition) is 4. The summed E-state index contributed by atoms with van der Waals surface area (Å²) in [6, 6.07) is 16.9. The van der Waals surface area contributed by atoms with Crippen LogP contribution in [0.2, 0.25) is 0 Å². The lowest BCUT2D eigenvalue weighted by molar-refractivity contribution is 0.501. The lowest BCUT2D eigenvalue weighted by Gasteiger charge is -2.32. The molecular weight excluding hydrogens is 310 g/mol. The topological polar surface area (TPSA) is 46.8 Å². The number of nitrogens with zero attached hydrogens (tertiary/aromatic N) is 5. The van der Waals surface area contributed by atoms with Gasteiger partial charge in [-0.1, -0.05) is 30.3 Å². The Morgan fingerprint density at radius 1 is 0.880 bits per heavy atom. The van der Waals surface area contributed by atoms with E-state index in [2.05, 4.69) is 56.6 Å². The van der Waals surface area contributed by atoms with Crippen LogP contribution in [0.5, 0.6) is 0 Å². The van der Waals surface area contributed by atoms with Gasteiger partial charge in [-0.25, -0.2) is 4.68 Å². The highest BCUT2D eigenvalue weighted by molar-refractivity contribution is 5.41. The average molecular weight is 333 g/mol. The Labute approximate surface area is 148 Å². The summed E-state index contributed by atoms with van der Waals surface area (Å²) in [5.41, 5.74) is 3.52. The fraction of sp³-hybridized carbons (Fsp3) is 0.350. The molecule has 0 unspecified atom stereocenters. The molecule has 3 aromatic rings. The second kappa shape index (κ2) is 6.67. The molecule has 0 amide bonds. The van der Waals surface area contributed by atoms with Gasteiger partial charge in [0.05, 0.1) is 5.69 Å². The molecule has 0 radical (unpaired) electrons. The van der Waals surface area contributed by atoms with E-state index in [0.717, 1.165) is 49.0 Å². The van der Waals surface area contributed by atoms with Crippen LogP contribution >= 0.6 is 0 Å². The second-order valence-corrected chi connectivity index (χ2v) is 6.76. The van der Waals surface area contributed by atoms with Gasteiger partial charge in [0.2, 0.25) is 0 Å². The summed E-state index contributed by atoms with van der Waals surface area (Å²) in [4.78, 5) is 2.33. The van der Waals surface area contributed by atoms with Crippen molar-refractivity contribution in [3.05, 3.63) is 65.5 Å². The number of hydrogen-bond donors (Lipinski definition) is 0. The highest BCUT2D eigenvalue weighted by atomic mass is 15.4. The number of aryl methyl sites for hydroxylation is 2. The summed E-state index contributed by atoms with van der Waals surface area (Å²) >= 11 is 0. The van der Waals surface area contributed by atoms with E-state index in [4.69, 9.17) is 0 Å². The van der Waals surface area contributed by atoms with Crippen LogP contribution in [0, 0.1) is 13.8 Å². The number of anilines is 1. The minimum Gasteiger partial charge on any atom is -0.355 e. The smallest absolute Gasteiger partial charge is 0.176 e. The van der Waals surface area contributed by atoms with Crippen LogP contribution in [0.4, 0.5) is 5.82 Å². The van der Waals surface area contributed by atoms with Crippen molar-refractivity contribution in [2.45, 2.75) is 32.6 Å². The zero-order valence-electron chi connectivity index (χ0n) is 14.8. The van der Waals surface area contributed by atoms with E-state index in [1.54, 1.807) is 0 Å². The molecule has 1 aliphatic rings. The first kappa shape index (κ1) is 15.8. The van der Waals surface area contributed by atoms with Crippen LogP contribution < -0.4 is 4.90 Å². The molecule has 1 fully saturated rings. The third-order valence-corrected chi connectivity index (χ3v) is 4.95. The van der Waals surface area contributed by atoms with Gasteiger partial charge in [0.15, 0.2) is 11.6 Å². The highest BCUT2D eigenvalue weighted by Gasteiger charge is 2.21. The first-order valence-corrected chi connectivity index (χ1v) is 8.88. The molecule has 25 heavy (non-hydrogen) atoms. The first-order valence-electron chi connectivity index (χ1n) is 8.88. The number of aromatic nitrogens is 4. The molecular formula is C20H23N5. The summed E-state index contributed by atoms with van der Waals surface area (Å²) in [6.07, 6.45) is 2.32. The minimum atomic E-state index is 0.652. The maximum absolute atomic E-state index is 4.47. The average Bonchev–Trinajstić information content (AvgIpc) is 3.01. The van der Waals surface area contributed by atoms with Crippen LogP contribution in [0.1, 0.15) is 35.7 Å². The van der Waals surface area contributed by atoms with Gasteiger partial charge >= 0.3 is 0 Å². The number of piperidine rings is 1. The second-order valence-electron chi connectivity index (χ2n) is 6.76. The van der Waals surface area contributed by atoms with Crippen molar-refractivity contribution in [1.82, 2.24) is 20.0 Å². The van der Waals surface area contributed by atoms with Crippen LogP contribution in [-0.4, -0.2) is 33.1 Å². The van der Waals surface area contributed by atoms with Crippen molar-refractivity contribution in [1.29, 1.82) is 0 Å². The normalized spacial score (nSPS) is 15.5. The predicted molar refractivity (Wildman–Crippen MR) is 99.3 cm³/mol. The molecule has 5 heteroatoms. The van der Waals surface area contributed by atoms with Crippen LogP contribution in [0.15, 0.2) is 48.5 Å². The van der Waals surface area contributed by atoms with Gasteiger partial charge in [0, 0.05) is 18.8 Å². The van der Waals surface area contributed by atoms with E-state index in [9.17, 15) is 0 Å². The zero-order valence-corrected chi connectivity index (χ0v) is 14.8. The zero-order chi connectivity index (χ0) is 17.2. The van der Waals surface area contributed by atoms with E-state index in [-0.39, 0.29) is 0 Å². The van der Waals surface area contributed by atoms with Gasteiger partial charge in [-0.3, -0.25) is 0 Å². The fourth-order valence-corrected chi connectivity index (χ4v) is 3.63. The number of benzene rings is 1. The summed E-state index contributed by atoms with van der Waals surface area (Å²) in [5, 5.41) is 13.3. The van der Waals surface area contributed by atoms with E-state index in [0.29, 0.717) is 5.92 Å². The third kappa shape index (κ3) is 3.27. The quantitative estimate of drug-likeness (QED) is 0.734. The van der Waals surface area contributed by atoms with Gasteiger partial charge in [0.1, 0.15) is 0 Å². The van der Waals surface area contributed by atoms with Gasteiger partial charge in [0.25, 0.3) is 0 Å². The molecule has 0 atom stereocenters. The Balaban J connectivity index is 1.44. The Morgan fingerprint density at radius 2 is 1.56 bits per heavy atom. The monoisotopic (exact) mass is 333 g/mol. The fourth-order valence-electron chi connectivity index (χ4n) is 3.63. The Kier molecular flexibility index (Phi) is 4.22. The van der Waals surface area contributed by atoms with Crippen molar-refractivity contribution < 1.29 is 0 Å². The minimum absolute atomic E-state index is 0.652. The molecule has 128 valence electrons. The lowest BCUT2D eigenvalue weighted by Crippen LogP contribution is -2.33. The molecule has 3 heterocycles. The van der Waals surface area contributed by atoms with Crippen molar-refractivity contribution >= 4 is 5.82 Å². The lowest BCUT2D eigenvalue weighted by atomic mass is 9.89. The summed E-state index contributed by atoms with van der Waals surface area (Å²) in [7, 11) is 0. The van der Waals surface area contributed by atoms with Gasteiger partial charge < -0.3 is 4.90 Å². The molecule has 0 N–H and O–H groups in total. The molecule has 0 spiro atoms. The van der Waals surface area contributed by atoms with Crippen molar-refractivity contribution in [2.24, 2.45) is 0 Å². The predicted octanol–water partition coefficient (Wildman–Crippen LogP) is 3.66. The largest absolute Gasteiger partial charge is 0.355 e. The SMILES string of the molecule is Cc1cc(C)n(-c2ccc(N3CCC(c4ccccc4)CC3)nn2)n1. The number of rotatable bonds is 3. The van der Waals surface area contributed by atoms with Crippen LogP contribution in [0.25, 0.3) is 5.82 Å². The summed E-state index contributed by atoms with van der Waals surface area (Å²) in [5.74, 6) is 2.38. The van der Waals surface area contributed by atoms with E-state index >= 15 is 0 Å². The molecule has 1 saturated heterocycles. The van der Waals surface area contributed by atoms with Crippen molar-refractivity contribution in [3.8, 4) is 5.82 Å². The standard InChI is InChI=1S/C20H23N5/c1-15-14-16(2)25(23-15)20-9-8-19(21-22-20)24-12-10-18(11-13-24)17-6-4-3-5-7-17/h3-9,14,18H,10-13H2,1-2H3. The Bertz CT molecular complexity index is 830. The van der Waals surface area contributed by atoms with E-state index in [1.807, 2.05) is 30.7 Å². The van der Waals surface area contributed by atoms with Crippen molar-refractivity contribution in [3.63, 3.8) is 0 Å².